The van der Waals surface area contributed by atoms with E-state index in [2.05, 4.69) is 23.5 Å². The van der Waals surface area contributed by atoms with Gasteiger partial charge in [0.1, 0.15) is 5.75 Å². The fourth-order valence-electron chi connectivity index (χ4n) is 3.95. The highest BCUT2D eigenvalue weighted by Gasteiger charge is 2.35. The summed E-state index contributed by atoms with van der Waals surface area (Å²) in [5.41, 5.74) is 6.52. The lowest BCUT2D eigenvalue weighted by Crippen LogP contribution is -2.33. The average molecular weight is 295 g/mol. The van der Waals surface area contributed by atoms with E-state index < -0.39 is 0 Å². The minimum atomic E-state index is 0.308. The molecule has 1 N–H and O–H groups in total. The molecule has 0 aromatic heterocycles. The molecule has 2 heterocycles. The van der Waals surface area contributed by atoms with Crippen LogP contribution < -0.4 is 19.5 Å². The average Bonchev–Trinajstić information content (AvgIpc) is 3.02. The van der Waals surface area contributed by atoms with E-state index in [-0.39, 0.29) is 0 Å². The minimum absolute atomic E-state index is 0.308. The van der Waals surface area contributed by atoms with Gasteiger partial charge < -0.3 is 19.5 Å². The summed E-state index contributed by atoms with van der Waals surface area (Å²) in [5, 5.41) is 3.65. The topological polar surface area (TPSA) is 39.7 Å². The van der Waals surface area contributed by atoms with Crippen LogP contribution in [0.25, 0.3) is 11.1 Å². The largest absolute Gasteiger partial charge is 0.497 e. The molecule has 1 atom stereocenters. The van der Waals surface area contributed by atoms with Crippen molar-refractivity contribution in [1.82, 2.24) is 5.32 Å². The standard InChI is InChI=1S/C18H17NO3/c1-20-12-3-2-10-6-14-16-11(4-5-19-14)7-15-18(22-9-21-15)17(16)13(10)8-12/h2-3,7-8,14,19H,4-6,9H2,1H3. The third-order valence-corrected chi connectivity index (χ3v) is 4.93. The van der Waals surface area contributed by atoms with E-state index in [0.717, 1.165) is 36.6 Å². The van der Waals surface area contributed by atoms with Crippen molar-refractivity contribution in [3.63, 3.8) is 0 Å². The Labute approximate surface area is 129 Å². The molecule has 0 fully saturated rings. The molecule has 112 valence electrons. The Balaban J connectivity index is 1.85. The molecule has 0 radical (unpaired) electrons. The third-order valence-electron chi connectivity index (χ3n) is 4.93. The number of ether oxygens (including phenoxy) is 3. The molecule has 4 heteroatoms. The molecule has 1 unspecified atom stereocenters. The van der Waals surface area contributed by atoms with Crippen LogP contribution in [0.2, 0.25) is 0 Å². The zero-order valence-corrected chi connectivity index (χ0v) is 12.4. The molecule has 5 rings (SSSR count). The molecular formula is C18H17NO3. The van der Waals surface area contributed by atoms with Crippen LogP contribution in [0.4, 0.5) is 0 Å². The molecule has 4 nitrogen and oxygen atoms in total. The van der Waals surface area contributed by atoms with Gasteiger partial charge in [0.25, 0.3) is 0 Å². The van der Waals surface area contributed by atoms with Crippen molar-refractivity contribution in [2.45, 2.75) is 18.9 Å². The Hall–Kier alpha value is -2.20. The molecule has 1 aliphatic carbocycles. The number of fused-ring (bicyclic) bond motifs is 4. The maximum Gasteiger partial charge on any atom is 0.231 e. The Morgan fingerprint density at radius 1 is 1.18 bits per heavy atom. The van der Waals surface area contributed by atoms with Gasteiger partial charge in [0.15, 0.2) is 11.5 Å². The van der Waals surface area contributed by atoms with Crippen molar-refractivity contribution in [3.05, 3.63) is 41.0 Å². The Kier molecular flexibility index (Phi) is 2.47. The summed E-state index contributed by atoms with van der Waals surface area (Å²) >= 11 is 0. The van der Waals surface area contributed by atoms with Crippen LogP contribution in [-0.4, -0.2) is 20.4 Å². The van der Waals surface area contributed by atoms with Gasteiger partial charge in [-0.25, -0.2) is 0 Å². The molecule has 22 heavy (non-hydrogen) atoms. The fraction of sp³-hybridized carbons (Fsp3) is 0.333. The smallest absolute Gasteiger partial charge is 0.231 e. The predicted octanol–water partition coefficient (Wildman–Crippen LogP) is 2.83. The Bertz CT molecular complexity index is 784. The summed E-state index contributed by atoms with van der Waals surface area (Å²) in [6, 6.07) is 8.86. The first-order valence-corrected chi connectivity index (χ1v) is 7.71. The van der Waals surface area contributed by atoms with Gasteiger partial charge in [-0.1, -0.05) is 6.07 Å². The second kappa shape index (κ2) is 4.40. The highest BCUT2D eigenvalue weighted by molar-refractivity contribution is 5.84. The van der Waals surface area contributed by atoms with Gasteiger partial charge >= 0.3 is 0 Å². The lowest BCUT2D eigenvalue weighted by atomic mass is 9.77. The van der Waals surface area contributed by atoms with Crippen LogP contribution in [0.3, 0.4) is 0 Å². The molecule has 0 bridgehead atoms. The molecule has 0 amide bonds. The van der Waals surface area contributed by atoms with Gasteiger partial charge in [0, 0.05) is 11.6 Å². The minimum Gasteiger partial charge on any atom is -0.497 e. The van der Waals surface area contributed by atoms with Crippen molar-refractivity contribution in [1.29, 1.82) is 0 Å². The van der Waals surface area contributed by atoms with Gasteiger partial charge in [-0.05, 0) is 59.8 Å². The van der Waals surface area contributed by atoms with E-state index in [4.69, 9.17) is 14.2 Å². The quantitative estimate of drug-likeness (QED) is 0.878. The first-order valence-electron chi connectivity index (χ1n) is 7.71. The second-order valence-corrected chi connectivity index (χ2v) is 6.04. The monoisotopic (exact) mass is 295 g/mol. The van der Waals surface area contributed by atoms with Crippen LogP contribution in [0.15, 0.2) is 24.3 Å². The van der Waals surface area contributed by atoms with Crippen LogP contribution in [0.5, 0.6) is 17.2 Å². The van der Waals surface area contributed by atoms with Crippen LogP contribution >= 0.6 is 0 Å². The lowest BCUT2D eigenvalue weighted by Gasteiger charge is -2.34. The van der Waals surface area contributed by atoms with E-state index in [0.29, 0.717) is 12.8 Å². The maximum atomic E-state index is 5.81. The number of benzene rings is 2. The molecule has 2 aromatic carbocycles. The van der Waals surface area contributed by atoms with E-state index >= 15 is 0 Å². The van der Waals surface area contributed by atoms with E-state index in [1.165, 1.54) is 27.8 Å². The second-order valence-electron chi connectivity index (χ2n) is 6.04. The normalized spacial score (nSPS) is 20.3. The number of hydrogen-bond acceptors (Lipinski definition) is 4. The highest BCUT2D eigenvalue weighted by Crippen LogP contribution is 2.52. The SMILES string of the molecule is COc1ccc2c(c1)-c1c3c(cc4c1C(C2)NCC4)OCO3. The fourth-order valence-corrected chi connectivity index (χ4v) is 3.95. The zero-order valence-electron chi connectivity index (χ0n) is 12.4. The maximum absolute atomic E-state index is 5.81. The van der Waals surface area contributed by atoms with Crippen molar-refractivity contribution in [2.75, 3.05) is 20.4 Å². The molecule has 2 aromatic rings. The van der Waals surface area contributed by atoms with Crippen LogP contribution in [0.1, 0.15) is 22.7 Å². The van der Waals surface area contributed by atoms with Crippen molar-refractivity contribution in [3.8, 4) is 28.4 Å². The van der Waals surface area contributed by atoms with Crippen molar-refractivity contribution >= 4 is 0 Å². The number of nitrogens with one attached hydrogen (secondary N) is 1. The zero-order chi connectivity index (χ0) is 14.7. The van der Waals surface area contributed by atoms with Gasteiger partial charge in [0.05, 0.1) is 7.11 Å². The van der Waals surface area contributed by atoms with Gasteiger partial charge in [-0.2, -0.15) is 0 Å². The molecule has 0 spiro atoms. The van der Waals surface area contributed by atoms with Crippen LogP contribution in [0, 0.1) is 0 Å². The summed E-state index contributed by atoms with van der Waals surface area (Å²) in [6.07, 6.45) is 2.05. The number of hydrogen-bond donors (Lipinski definition) is 1. The summed E-state index contributed by atoms with van der Waals surface area (Å²) in [4.78, 5) is 0. The van der Waals surface area contributed by atoms with E-state index in [9.17, 15) is 0 Å². The summed E-state index contributed by atoms with van der Waals surface area (Å²) in [6.45, 7) is 1.32. The van der Waals surface area contributed by atoms with Gasteiger partial charge in [-0.3, -0.25) is 0 Å². The molecular weight excluding hydrogens is 278 g/mol. The third kappa shape index (κ3) is 1.56. The van der Waals surface area contributed by atoms with E-state index in [1.807, 2.05) is 6.07 Å². The highest BCUT2D eigenvalue weighted by atomic mass is 16.7. The van der Waals surface area contributed by atoms with Crippen molar-refractivity contribution in [2.24, 2.45) is 0 Å². The van der Waals surface area contributed by atoms with Crippen molar-refractivity contribution < 1.29 is 14.2 Å². The summed E-state index contributed by atoms with van der Waals surface area (Å²) < 4.78 is 16.9. The van der Waals surface area contributed by atoms with Gasteiger partial charge in [-0.15, -0.1) is 0 Å². The Morgan fingerprint density at radius 3 is 3.05 bits per heavy atom. The van der Waals surface area contributed by atoms with E-state index in [1.54, 1.807) is 7.11 Å². The Morgan fingerprint density at radius 2 is 2.14 bits per heavy atom. The molecule has 3 aliphatic rings. The van der Waals surface area contributed by atoms with Gasteiger partial charge in [0.2, 0.25) is 6.79 Å². The first-order chi connectivity index (χ1) is 10.8. The first kappa shape index (κ1) is 12.4. The van der Waals surface area contributed by atoms with Crippen LogP contribution in [-0.2, 0) is 12.8 Å². The molecule has 0 saturated heterocycles. The molecule has 0 saturated carbocycles. The summed E-state index contributed by atoms with van der Waals surface area (Å²) in [5.74, 6) is 2.65. The molecule has 2 aliphatic heterocycles. The lowest BCUT2D eigenvalue weighted by molar-refractivity contribution is 0.174. The predicted molar refractivity (Wildman–Crippen MR) is 82.7 cm³/mol. The number of methoxy groups -OCH3 is 1. The summed E-state index contributed by atoms with van der Waals surface area (Å²) in [7, 11) is 1.71. The number of rotatable bonds is 1.